The van der Waals surface area contributed by atoms with Gasteiger partial charge in [0.05, 0.1) is 12.1 Å². The first-order chi connectivity index (χ1) is 9.72. The Hall–Kier alpha value is -0.860. The number of aryl methyl sites for hydroxylation is 1. The van der Waals surface area contributed by atoms with Crippen molar-refractivity contribution in [3.63, 3.8) is 0 Å². The Bertz CT molecular complexity index is 402. The van der Waals surface area contributed by atoms with Crippen LogP contribution in [0.2, 0.25) is 0 Å². The minimum absolute atomic E-state index is 0.331. The molecule has 0 aromatic heterocycles. The fourth-order valence-corrected chi connectivity index (χ4v) is 3.10. The molecule has 0 amide bonds. The van der Waals surface area contributed by atoms with Crippen LogP contribution in [0, 0.1) is 5.92 Å². The Morgan fingerprint density at radius 3 is 2.85 bits per heavy atom. The first kappa shape index (κ1) is 15.5. The van der Waals surface area contributed by atoms with Crippen LogP contribution >= 0.6 is 0 Å². The second kappa shape index (κ2) is 7.80. The van der Waals surface area contributed by atoms with E-state index in [9.17, 15) is 0 Å². The molecular weight excluding hydrogens is 246 g/mol. The van der Waals surface area contributed by atoms with Crippen LogP contribution in [0.1, 0.15) is 57.2 Å². The molecule has 0 spiro atoms. The molecule has 1 N–H and O–H groups in total. The summed E-state index contributed by atoms with van der Waals surface area (Å²) in [5, 5.41) is 3.62. The number of nitrogens with one attached hydrogen (secondary N) is 1. The SMILES string of the molecule is CCNC1c2ccccc2CCC1OCCCC(C)C. The third-order valence-corrected chi connectivity index (χ3v) is 4.14. The molecule has 0 bridgehead atoms. The Labute approximate surface area is 123 Å². The molecule has 2 atom stereocenters. The van der Waals surface area contributed by atoms with Crippen molar-refractivity contribution in [2.45, 2.75) is 58.6 Å². The molecule has 2 nitrogen and oxygen atoms in total. The molecule has 2 rings (SSSR count). The summed E-state index contributed by atoms with van der Waals surface area (Å²) in [4.78, 5) is 0. The van der Waals surface area contributed by atoms with E-state index < -0.39 is 0 Å². The average molecular weight is 275 g/mol. The third-order valence-electron chi connectivity index (χ3n) is 4.14. The smallest absolute Gasteiger partial charge is 0.0773 e. The molecule has 0 saturated carbocycles. The van der Waals surface area contributed by atoms with Crippen molar-refractivity contribution < 1.29 is 4.74 Å². The maximum absolute atomic E-state index is 6.19. The lowest BCUT2D eigenvalue weighted by Gasteiger charge is -2.34. The quantitative estimate of drug-likeness (QED) is 0.756. The molecule has 2 heteroatoms. The average Bonchev–Trinajstić information content (AvgIpc) is 2.45. The van der Waals surface area contributed by atoms with Crippen LogP contribution in [-0.4, -0.2) is 19.3 Å². The second-order valence-corrected chi connectivity index (χ2v) is 6.22. The normalized spacial score (nSPS) is 22.0. The summed E-state index contributed by atoms with van der Waals surface area (Å²) in [6.07, 6.45) is 5.05. The first-order valence-electron chi connectivity index (χ1n) is 8.15. The number of benzene rings is 1. The van der Waals surface area contributed by atoms with Crippen molar-refractivity contribution in [2.24, 2.45) is 5.92 Å². The summed E-state index contributed by atoms with van der Waals surface area (Å²) in [6.45, 7) is 8.61. The van der Waals surface area contributed by atoms with Gasteiger partial charge in [-0.25, -0.2) is 0 Å². The Morgan fingerprint density at radius 1 is 1.30 bits per heavy atom. The molecule has 2 unspecified atom stereocenters. The largest absolute Gasteiger partial charge is 0.376 e. The predicted molar refractivity (Wildman–Crippen MR) is 85.0 cm³/mol. The van der Waals surface area contributed by atoms with E-state index in [-0.39, 0.29) is 0 Å². The van der Waals surface area contributed by atoms with E-state index in [0.717, 1.165) is 31.9 Å². The number of fused-ring (bicyclic) bond motifs is 1. The van der Waals surface area contributed by atoms with Gasteiger partial charge in [0.25, 0.3) is 0 Å². The van der Waals surface area contributed by atoms with Crippen LogP contribution in [0.5, 0.6) is 0 Å². The topological polar surface area (TPSA) is 21.3 Å². The van der Waals surface area contributed by atoms with Gasteiger partial charge in [0.15, 0.2) is 0 Å². The standard InChI is InChI=1S/C18H29NO/c1-4-19-18-16-10-6-5-9-15(16)11-12-17(18)20-13-7-8-14(2)3/h5-6,9-10,14,17-19H,4,7-8,11-13H2,1-3H3. The van der Waals surface area contributed by atoms with Gasteiger partial charge >= 0.3 is 0 Å². The number of hydrogen-bond acceptors (Lipinski definition) is 2. The van der Waals surface area contributed by atoms with E-state index >= 15 is 0 Å². The molecule has 1 aromatic rings. The highest BCUT2D eigenvalue weighted by atomic mass is 16.5. The summed E-state index contributed by atoms with van der Waals surface area (Å²) in [5.74, 6) is 0.773. The maximum Gasteiger partial charge on any atom is 0.0773 e. The first-order valence-corrected chi connectivity index (χ1v) is 8.15. The lowest BCUT2D eigenvalue weighted by atomic mass is 9.85. The fourth-order valence-electron chi connectivity index (χ4n) is 3.10. The van der Waals surface area contributed by atoms with Crippen LogP contribution in [-0.2, 0) is 11.2 Å². The summed E-state index contributed by atoms with van der Waals surface area (Å²) in [6, 6.07) is 9.17. The van der Waals surface area contributed by atoms with E-state index in [4.69, 9.17) is 4.74 Å². The minimum atomic E-state index is 0.331. The molecule has 0 heterocycles. The Kier molecular flexibility index (Phi) is 6.06. The molecule has 1 aliphatic carbocycles. The van der Waals surface area contributed by atoms with Gasteiger partial charge in [-0.2, -0.15) is 0 Å². The van der Waals surface area contributed by atoms with Crippen LogP contribution in [0.25, 0.3) is 0 Å². The van der Waals surface area contributed by atoms with Gasteiger partial charge in [0, 0.05) is 6.61 Å². The maximum atomic E-state index is 6.19. The van der Waals surface area contributed by atoms with Gasteiger partial charge in [-0.1, -0.05) is 45.0 Å². The van der Waals surface area contributed by atoms with Gasteiger partial charge in [-0.3, -0.25) is 0 Å². The minimum Gasteiger partial charge on any atom is -0.376 e. The van der Waals surface area contributed by atoms with E-state index in [0.29, 0.717) is 12.1 Å². The van der Waals surface area contributed by atoms with Crippen LogP contribution in [0.15, 0.2) is 24.3 Å². The molecule has 0 radical (unpaired) electrons. The van der Waals surface area contributed by atoms with E-state index in [1.165, 1.54) is 24.0 Å². The number of hydrogen-bond donors (Lipinski definition) is 1. The monoisotopic (exact) mass is 275 g/mol. The third kappa shape index (κ3) is 4.07. The molecule has 0 aliphatic heterocycles. The fraction of sp³-hybridized carbons (Fsp3) is 0.667. The zero-order chi connectivity index (χ0) is 14.4. The Morgan fingerprint density at radius 2 is 2.10 bits per heavy atom. The van der Waals surface area contributed by atoms with Crippen LogP contribution < -0.4 is 5.32 Å². The lowest BCUT2D eigenvalue weighted by molar-refractivity contribution is 0.0131. The summed E-state index contributed by atoms with van der Waals surface area (Å²) < 4.78 is 6.19. The van der Waals surface area contributed by atoms with Crippen LogP contribution in [0.4, 0.5) is 0 Å². The highest BCUT2D eigenvalue weighted by Crippen LogP contribution is 2.31. The summed E-state index contributed by atoms with van der Waals surface area (Å²) in [5.41, 5.74) is 2.93. The number of rotatable bonds is 7. The highest BCUT2D eigenvalue weighted by molar-refractivity contribution is 5.33. The summed E-state index contributed by atoms with van der Waals surface area (Å²) in [7, 11) is 0. The molecule has 112 valence electrons. The molecular formula is C18H29NO. The van der Waals surface area contributed by atoms with Gasteiger partial charge in [0.2, 0.25) is 0 Å². The number of likely N-dealkylation sites (N-methyl/N-ethyl adjacent to an activating group) is 1. The molecule has 20 heavy (non-hydrogen) atoms. The van der Waals surface area contributed by atoms with E-state index in [1.807, 2.05) is 0 Å². The van der Waals surface area contributed by atoms with Crippen molar-refractivity contribution in [3.8, 4) is 0 Å². The van der Waals surface area contributed by atoms with Gasteiger partial charge in [0.1, 0.15) is 0 Å². The molecule has 0 saturated heterocycles. The van der Waals surface area contributed by atoms with E-state index in [1.54, 1.807) is 0 Å². The predicted octanol–water partition coefficient (Wildman–Crippen LogP) is 4.10. The van der Waals surface area contributed by atoms with Crippen molar-refractivity contribution >= 4 is 0 Å². The van der Waals surface area contributed by atoms with Gasteiger partial charge in [-0.15, -0.1) is 0 Å². The summed E-state index contributed by atoms with van der Waals surface area (Å²) >= 11 is 0. The van der Waals surface area contributed by atoms with Crippen molar-refractivity contribution in [1.82, 2.24) is 5.32 Å². The Balaban J connectivity index is 1.95. The van der Waals surface area contributed by atoms with Crippen molar-refractivity contribution in [1.29, 1.82) is 0 Å². The van der Waals surface area contributed by atoms with E-state index in [2.05, 4.69) is 50.4 Å². The van der Waals surface area contributed by atoms with Crippen LogP contribution in [0.3, 0.4) is 0 Å². The van der Waals surface area contributed by atoms with Crippen molar-refractivity contribution in [2.75, 3.05) is 13.2 Å². The number of ether oxygens (including phenoxy) is 1. The molecule has 0 fully saturated rings. The zero-order valence-electron chi connectivity index (χ0n) is 13.2. The lowest BCUT2D eigenvalue weighted by Crippen LogP contribution is -2.37. The molecule has 1 aromatic carbocycles. The zero-order valence-corrected chi connectivity index (χ0v) is 13.2. The van der Waals surface area contributed by atoms with Crippen molar-refractivity contribution in [3.05, 3.63) is 35.4 Å². The van der Waals surface area contributed by atoms with Gasteiger partial charge in [-0.05, 0) is 49.3 Å². The van der Waals surface area contributed by atoms with Gasteiger partial charge < -0.3 is 10.1 Å². The molecule has 1 aliphatic rings. The second-order valence-electron chi connectivity index (χ2n) is 6.22. The highest BCUT2D eigenvalue weighted by Gasteiger charge is 2.29.